The van der Waals surface area contributed by atoms with Crippen molar-refractivity contribution in [2.24, 2.45) is 0 Å². The molecule has 2 aliphatic rings. The molecule has 0 N–H and O–H groups in total. The molecular formula is C17H18N2O2. The van der Waals surface area contributed by atoms with Crippen LogP contribution in [0.3, 0.4) is 0 Å². The van der Waals surface area contributed by atoms with E-state index in [4.69, 9.17) is 6.42 Å². The quantitative estimate of drug-likeness (QED) is 0.790. The van der Waals surface area contributed by atoms with Gasteiger partial charge in [-0.3, -0.25) is 9.59 Å². The summed E-state index contributed by atoms with van der Waals surface area (Å²) in [6.07, 6.45) is 7.46. The maximum Gasteiger partial charge on any atom is 0.250 e. The third-order valence-electron chi connectivity index (χ3n) is 4.26. The summed E-state index contributed by atoms with van der Waals surface area (Å²) in [5.74, 6) is 2.63. The van der Waals surface area contributed by atoms with Gasteiger partial charge in [-0.05, 0) is 18.4 Å². The van der Waals surface area contributed by atoms with Crippen molar-refractivity contribution >= 4 is 11.8 Å². The predicted octanol–water partition coefficient (Wildman–Crippen LogP) is 1.58. The van der Waals surface area contributed by atoms with E-state index in [2.05, 4.69) is 5.92 Å². The van der Waals surface area contributed by atoms with Crippen LogP contribution in [0.15, 0.2) is 30.3 Å². The lowest BCUT2D eigenvalue weighted by atomic mass is 9.98. The highest BCUT2D eigenvalue weighted by Crippen LogP contribution is 2.34. The molecule has 0 bridgehead atoms. The zero-order valence-electron chi connectivity index (χ0n) is 11.9. The van der Waals surface area contributed by atoms with E-state index in [1.165, 1.54) is 0 Å². The smallest absolute Gasteiger partial charge is 0.250 e. The van der Waals surface area contributed by atoms with Crippen LogP contribution >= 0.6 is 0 Å². The summed E-state index contributed by atoms with van der Waals surface area (Å²) in [6.45, 7) is 1.12. The molecule has 2 saturated heterocycles. The minimum atomic E-state index is -0.526. The fourth-order valence-corrected chi connectivity index (χ4v) is 3.28. The number of amides is 2. The Morgan fingerprint density at radius 3 is 2.67 bits per heavy atom. The Morgan fingerprint density at radius 1 is 1.19 bits per heavy atom. The number of carbonyl (C=O) groups is 2. The molecule has 2 amide bonds. The minimum absolute atomic E-state index is 0.0281. The van der Waals surface area contributed by atoms with Crippen molar-refractivity contribution in [3.8, 4) is 12.3 Å². The van der Waals surface area contributed by atoms with E-state index in [0.717, 1.165) is 18.4 Å². The third-order valence-corrected chi connectivity index (χ3v) is 4.26. The zero-order chi connectivity index (χ0) is 14.8. The van der Waals surface area contributed by atoms with Crippen molar-refractivity contribution in [1.29, 1.82) is 0 Å². The summed E-state index contributed by atoms with van der Waals surface area (Å²) in [4.78, 5) is 28.9. The molecule has 3 rings (SSSR count). The van der Waals surface area contributed by atoms with Gasteiger partial charge in [0.1, 0.15) is 12.1 Å². The van der Waals surface area contributed by atoms with Gasteiger partial charge in [-0.1, -0.05) is 30.3 Å². The fraction of sp³-hybridized carbons (Fsp3) is 0.412. The van der Waals surface area contributed by atoms with Gasteiger partial charge < -0.3 is 9.80 Å². The molecule has 2 unspecified atom stereocenters. The number of piperazine rings is 1. The van der Waals surface area contributed by atoms with Gasteiger partial charge in [0.05, 0.1) is 0 Å². The Bertz CT molecular complexity index is 591. The molecular weight excluding hydrogens is 264 g/mol. The highest BCUT2D eigenvalue weighted by atomic mass is 16.2. The molecule has 1 aromatic carbocycles. The number of terminal acetylenes is 1. The van der Waals surface area contributed by atoms with Gasteiger partial charge in [-0.15, -0.1) is 12.3 Å². The van der Waals surface area contributed by atoms with Gasteiger partial charge in [0.25, 0.3) is 5.91 Å². The van der Waals surface area contributed by atoms with Gasteiger partial charge in [0, 0.05) is 19.5 Å². The fourth-order valence-electron chi connectivity index (χ4n) is 3.28. The third kappa shape index (κ3) is 2.29. The lowest BCUT2D eigenvalue weighted by Crippen LogP contribution is -2.58. The van der Waals surface area contributed by atoms with Crippen LogP contribution in [0, 0.1) is 12.3 Å². The molecule has 2 atom stereocenters. The topological polar surface area (TPSA) is 40.6 Å². The number of nitrogens with zero attached hydrogens (tertiary/aromatic N) is 2. The SMILES string of the molecule is C#CCCN1C(=O)C2CCCN2C(=O)C1c1ccccc1. The molecule has 1 aromatic rings. The van der Waals surface area contributed by atoms with Gasteiger partial charge in [-0.2, -0.15) is 0 Å². The molecule has 2 aliphatic heterocycles. The molecule has 21 heavy (non-hydrogen) atoms. The van der Waals surface area contributed by atoms with Crippen molar-refractivity contribution in [1.82, 2.24) is 9.80 Å². The Kier molecular flexibility index (Phi) is 3.66. The predicted molar refractivity (Wildman–Crippen MR) is 79.1 cm³/mol. The Hall–Kier alpha value is -2.28. The van der Waals surface area contributed by atoms with Crippen molar-refractivity contribution in [2.45, 2.75) is 31.3 Å². The molecule has 0 saturated carbocycles. The molecule has 0 aliphatic carbocycles. The Balaban J connectivity index is 1.98. The zero-order valence-corrected chi connectivity index (χ0v) is 11.9. The minimum Gasteiger partial charge on any atom is -0.329 e. The van der Waals surface area contributed by atoms with E-state index in [1.54, 1.807) is 9.80 Å². The van der Waals surface area contributed by atoms with E-state index in [9.17, 15) is 9.59 Å². The first kappa shape index (κ1) is 13.7. The highest BCUT2D eigenvalue weighted by Gasteiger charge is 2.47. The molecule has 2 fully saturated rings. The lowest BCUT2D eigenvalue weighted by Gasteiger charge is -2.42. The van der Waals surface area contributed by atoms with Gasteiger partial charge in [-0.25, -0.2) is 0 Å². The number of carbonyl (C=O) groups excluding carboxylic acids is 2. The first-order chi connectivity index (χ1) is 10.2. The molecule has 0 aromatic heterocycles. The maximum absolute atomic E-state index is 12.8. The molecule has 0 spiro atoms. The molecule has 0 radical (unpaired) electrons. The summed E-state index contributed by atoms with van der Waals surface area (Å²) >= 11 is 0. The van der Waals surface area contributed by atoms with Crippen LogP contribution in [0.1, 0.15) is 30.9 Å². The van der Waals surface area contributed by atoms with E-state index in [1.807, 2.05) is 30.3 Å². The number of hydrogen-bond acceptors (Lipinski definition) is 2. The maximum atomic E-state index is 12.8. The van der Waals surface area contributed by atoms with Crippen LogP contribution in [-0.2, 0) is 9.59 Å². The van der Waals surface area contributed by atoms with E-state index in [0.29, 0.717) is 19.5 Å². The standard InChI is InChI=1S/C17H18N2O2/c1-2-3-11-19-15(13-8-5-4-6-9-13)17(21)18-12-7-10-14(18)16(19)20/h1,4-6,8-9,14-15H,3,7,10-12H2. The van der Waals surface area contributed by atoms with E-state index >= 15 is 0 Å². The first-order valence-electron chi connectivity index (χ1n) is 7.33. The lowest BCUT2D eigenvalue weighted by molar-refractivity contribution is -0.159. The highest BCUT2D eigenvalue weighted by molar-refractivity contribution is 5.98. The van der Waals surface area contributed by atoms with Crippen LogP contribution in [0.4, 0.5) is 0 Å². The second-order valence-electron chi connectivity index (χ2n) is 5.49. The van der Waals surface area contributed by atoms with Crippen LogP contribution in [0.25, 0.3) is 0 Å². The monoisotopic (exact) mass is 282 g/mol. The average molecular weight is 282 g/mol. The Labute approximate surface area is 124 Å². The van der Waals surface area contributed by atoms with Crippen molar-refractivity contribution in [2.75, 3.05) is 13.1 Å². The van der Waals surface area contributed by atoms with E-state index in [-0.39, 0.29) is 17.9 Å². The molecule has 4 nitrogen and oxygen atoms in total. The van der Waals surface area contributed by atoms with Crippen molar-refractivity contribution < 1.29 is 9.59 Å². The molecule has 4 heteroatoms. The number of rotatable bonds is 3. The number of hydrogen-bond donors (Lipinski definition) is 0. The molecule has 2 heterocycles. The number of fused-ring (bicyclic) bond motifs is 1. The van der Waals surface area contributed by atoms with Gasteiger partial charge >= 0.3 is 0 Å². The normalized spacial score (nSPS) is 24.9. The summed E-state index contributed by atoms with van der Waals surface area (Å²) < 4.78 is 0. The first-order valence-corrected chi connectivity index (χ1v) is 7.33. The largest absolute Gasteiger partial charge is 0.329 e. The van der Waals surface area contributed by atoms with Crippen LogP contribution in [-0.4, -0.2) is 40.7 Å². The van der Waals surface area contributed by atoms with Crippen molar-refractivity contribution in [3.05, 3.63) is 35.9 Å². The van der Waals surface area contributed by atoms with E-state index < -0.39 is 6.04 Å². The van der Waals surface area contributed by atoms with Crippen LogP contribution in [0.2, 0.25) is 0 Å². The molecule has 108 valence electrons. The summed E-state index contributed by atoms with van der Waals surface area (Å²) in [5.41, 5.74) is 0.859. The summed E-state index contributed by atoms with van der Waals surface area (Å²) in [5, 5.41) is 0. The Morgan fingerprint density at radius 2 is 1.95 bits per heavy atom. The van der Waals surface area contributed by atoms with Crippen LogP contribution in [0.5, 0.6) is 0 Å². The average Bonchev–Trinajstić information content (AvgIpc) is 3.00. The second kappa shape index (κ2) is 5.61. The number of benzene rings is 1. The van der Waals surface area contributed by atoms with Gasteiger partial charge in [0.15, 0.2) is 0 Å². The summed E-state index contributed by atoms with van der Waals surface area (Å²) in [7, 11) is 0. The second-order valence-corrected chi connectivity index (χ2v) is 5.49. The van der Waals surface area contributed by atoms with Crippen LogP contribution < -0.4 is 0 Å². The van der Waals surface area contributed by atoms with Gasteiger partial charge in [0.2, 0.25) is 5.91 Å². The van der Waals surface area contributed by atoms with Crippen molar-refractivity contribution in [3.63, 3.8) is 0 Å². The summed E-state index contributed by atoms with van der Waals surface area (Å²) in [6, 6.07) is 8.68.